The van der Waals surface area contributed by atoms with Gasteiger partial charge in [0.15, 0.2) is 6.10 Å². The molecular weight excluding hydrogens is 870 g/mol. The number of phosphoric ester groups is 1. The molecule has 0 aliphatic heterocycles. The van der Waals surface area contributed by atoms with Gasteiger partial charge in [-0.3, -0.25) is 14.2 Å². The molecule has 0 bridgehead atoms. The zero-order valence-electron chi connectivity index (χ0n) is 44.5. The summed E-state index contributed by atoms with van der Waals surface area (Å²) in [5.74, 6) is -0.843. The molecule has 2 atom stereocenters. The summed E-state index contributed by atoms with van der Waals surface area (Å²) in [5.41, 5.74) is 0. The molecule has 10 heteroatoms. The quantitative estimate of drug-likeness (QED) is 0.0195. The summed E-state index contributed by atoms with van der Waals surface area (Å²) in [4.78, 5) is 37.3. The van der Waals surface area contributed by atoms with Gasteiger partial charge in [0.25, 0.3) is 7.82 Å². The third-order valence-corrected chi connectivity index (χ3v) is 12.7. The maximum absolute atomic E-state index is 12.7. The Morgan fingerprint density at radius 3 is 1.25 bits per heavy atom. The van der Waals surface area contributed by atoms with Crippen LogP contribution in [0, 0.1) is 0 Å². The first-order valence-corrected chi connectivity index (χ1v) is 29.1. The molecule has 2 unspecified atom stereocenters. The van der Waals surface area contributed by atoms with Crippen LogP contribution in [0.15, 0.2) is 72.9 Å². The van der Waals surface area contributed by atoms with Gasteiger partial charge in [0.2, 0.25) is 0 Å². The topological polar surface area (TPSA) is 111 Å². The third-order valence-electron chi connectivity index (χ3n) is 11.7. The van der Waals surface area contributed by atoms with Crippen LogP contribution in [0.3, 0.4) is 0 Å². The fraction of sp³-hybridized carbons (Fsp3) is 0.759. The van der Waals surface area contributed by atoms with Crippen LogP contribution < -0.4 is 4.89 Å². The number of phosphoric acid groups is 1. The van der Waals surface area contributed by atoms with Gasteiger partial charge in [-0.25, -0.2) is 0 Å². The number of allylic oxidation sites excluding steroid dienone is 12. The summed E-state index contributed by atoms with van der Waals surface area (Å²) in [6, 6.07) is 0. The number of esters is 2. The minimum absolute atomic E-state index is 0.0304. The van der Waals surface area contributed by atoms with Gasteiger partial charge in [-0.05, 0) is 64.2 Å². The maximum atomic E-state index is 12.7. The Kier molecular flexibility index (Phi) is 47.6. The molecule has 0 N–H and O–H groups in total. The molecule has 0 amide bonds. The standard InChI is InChI=1S/C58H104NO8P/c1-6-8-10-12-13-14-15-16-17-18-19-20-21-22-23-24-25-26-27-28-29-30-31-32-33-34-35-36-37-38-39-40-41-42-43-44-45-47-49-51-58(61)67-56(54-64-57(60)50-48-46-11-9-7-2)55-66-68(62,63)65-53-52-59(3,4)5/h8,10,13-14,16-17,19-20,22-23,25-26,56H,6-7,9,11-12,15,18,21,24,27-55H2,1-5H3/b10-8-,14-13-,17-16-,20-19-,23-22-,26-25-. The largest absolute Gasteiger partial charge is 0.756 e. The number of hydrogen-bond donors (Lipinski definition) is 0. The highest BCUT2D eigenvalue weighted by Gasteiger charge is 2.21. The summed E-state index contributed by atoms with van der Waals surface area (Å²) in [6.07, 6.45) is 64.6. The Balaban J connectivity index is 3.79. The van der Waals surface area contributed by atoms with Gasteiger partial charge in [-0.1, -0.05) is 228 Å². The number of likely N-dealkylation sites (N-methyl/N-ethyl adjacent to an activating group) is 1. The van der Waals surface area contributed by atoms with Crippen LogP contribution >= 0.6 is 7.82 Å². The summed E-state index contributed by atoms with van der Waals surface area (Å²) < 4.78 is 33.8. The molecule has 0 saturated carbocycles. The van der Waals surface area contributed by atoms with Crippen LogP contribution in [-0.2, 0) is 32.7 Å². The number of carbonyl (C=O) groups is 2. The molecule has 0 spiro atoms. The molecule has 0 aliphatic carbocycles. The van der Waals surface area contributed by atoms with Crippen molar-refractivity contribution < 1.29 is 42.1 Å². The van der Waals surface area contributed by atoms with E-state index >= 15 is 0 Å². The maximum Gasteiger partial charge on any atom is 0.306 e. The molecule has 0 aromatic heterocycles. The van der Waals surface area contributed by atoms with Crippen molar-refractivity contribution in [3.8, 4) is 0 Å². The minimum atomic E-state index is -4.62. The van der Waals surface area contributed by atoms with Gasteiger partial charge in [0.1, 0.15) is 19.8 Å². The molecule has 0 aromatic carbocycles. The van der Waals surface area contributed by atoms with Crippen molar-refractivity contribution in [1.29, 1.82) is 0 Å². The predicted octanol–water partition coefficient (Wildman–Crippen LogP) is 16.3. The van der Waals surface area contributed by atoms with Gasteiger partial charge >= 0.3 is 11.9 Å². The van der Waals surface area contributed by atoms with Gasteiger partial charge in [0, 0.05) is 12.8 Å². The number of hydrogen-bond acceptors (Lipinski definition) is 8. The lowest BCUT2D eigenvalue weighted by Gasteiger charge is -2.28. The average Bonchev–Trinajstić information content (AvgIpc) is 3.30. The van der Waals surface area contributed by atoms with E-state index in [4.69, 9.17) is 18.5 Å². The second kappa shape index (κ2) is 49.4. The number of quaternary nitrogens is 1. The molecule has 0 aliphatic rings. The number of ether oxygens (including phenoxy) is 2. The van der Waals surface area contributed by atoms with Crippen molar-refractivity contribution in [2.24, 2.45) is 0 Å². The lowest BCUT2D eigenvalue weighted by atomic mass is 10.0. The molecule has 0 heterocycles. The first kappa shape index (κ1) is 65.5. The summed E-state index contributed by atoms with van der Waals surface area (Å²) in [5, 5.41) is 0. The van der Waals surface area contributed by atoms with Gasteiger partial charge < -0.3 is 27.9 Å². The minimum Gasteiger partial charge on any atom is -0.756 e. The van der Waals surface area contributed by atoms with Crippen LogP contribution in [0.2, 0.25) is 0 Å². The van der Waals surface area contributed by atoms with E-state index in [0.29, 0.717) is 17.4 Å². The van der Waals surface area contributed by atoms with E-state index in [1.54, 1.807) is 0 Å². The number of unbranched alkanes of at least 4 members (excludes halogenated alkanes) is 24. The van der Waals surface area contributed by atoms with E-state index in [1.165, 1.54) is 109 Å². The summed E-state index contributed by atoms with van der Waals surface area (Å²) in [6.45, 7) is 4.02. The lowest BCUT2D eigenvalue weighted by Crippen LogP contribution is -2.37. The summed E-state index contributed by atoms with van der Waals surface area (Å²) >= 11 is 0. The Labute approximate surface area is 418 Å². The molecule has 68 heavy (non-hydrogen) atoms. The Morgan fingerprint density at radius 2 is 0.838 bits per heavy atom. The predicted molar refractivity (Wildman–Crippen MR) is 286 cm³/mol. The van der Waals surface area contributed by atoms with E-state index in [-0.39, 0.29) is 26.1 Å². The number of nitrogens with zero attached hydrogens (tertiary/aromatic N) is 1. The van der Waals surface area contributed by atoms with E-state index in [2.05, 4.69) is 86.8 Å². The molecule has 0 radical (unpaired) electrons. The normalized spacial score (nSPS) is 13.9. The van der Waals surface area contributed by atoms with Crippen molar-refractivity contribution in [1.82, 2.24) is 0 Å². The second-order valence-corrected chi connectivity index (χ2v) is 21.0. The zero-order valence-corrected chi connectivity index (χ0v) is 45.4. The Morgan fingerprint density at radius 1 is 0.471 bits per heavy atom. The molecule has 0 saturated heterocycles. The van der Waals surface area contributed by atoms with Gasteiger partial charge in [-0.2, -0.15) is 0 Å². The van der Waals surface area contributed by atoms with E-state index in [1.807, 2.05) is 21.1 Å². The molecule has 394 valence electrons. The molecule has 0 rings (SSSR count). The van der Waals surface area contributed by atoms with Crippen LogP contribution in [0.4, 0.5) is 0 Å². The third kappa shape index (κ3) is 52.8. The van der Waals surface area contributed by atoms with Crippen LogP contribution in [0.25, 0.3) is 0 Å². The van der Waals surface area contributed by atoms with Crippen LogP contribution in [-0.4, -0.2) is 70.0 Å². The fourth-order valence-electron chi connectivity index (χ4n) is 7.48. The van der Waals surface area contributed by atoms with Crippen molar-refractivity contribution >= 4 is 19.8 Å². The van der Waals surface area contributed by atoms with E-state index < -0.39 is 32.5 Å². The van der Waals surface area contributed by atoms with Gasteiger partial charge in [-0.15, -0.1) is 0 Å². The highest BCUT2D eigenvalue weighted by Crippen LogP contribution is 2.38. The van der Waals surface area contributed by atoms with Crippen molar-refractivity contribution in [2.75, 3.05) is 47.5 Å². The van der Waals surface area contributed by atoms with Gasteiger partial charge in [0.05, 0.1) is 27.7 Å². The zero-order chi connectivity index (χ0) is 49.9. The Bertz CT molecular complexity index is 1380. The summed E-state index contributed by atoms with van der Waals surface area (Å²) in [7, 11) is 1.17. The molecule has 0 aromatic rings. The number of carbonyl (C=O) groups excluding carboxylic acids is 2. The first-order valence-electron chi connectivity index (χ1n) is 27.6. The fourth-order valence-corrected chi connectivity index (χ4v) is 8.21. The number of rotatable bonds is 50. The smallest absolute Gasteiger partial charge is 0.306 e. The monoisotopic (exact) mass is 974 g/mol. The SMILES string of the molecule is CC/C=C\C/C=C\C/C=C\C/C=C\C/C=C\C/C=C\CCCCCCCCCCCCCCCCCCCCCCC(=O)OC(COC(=O)CCCCCCC)COP(=O)([O-])OCC[N+](C)(C)C. The van der Waals surface area contributed by atoms with Crippen LogP contribution in [0.5, 0.6) is 0 Å². The van der Waals surface area contributed by atoms with Crippen LogP contribution in [0.1, 0.15) is 232 Å². The van der Waals surface area contributed by atoms with Crippen molar-refractivity contribution in [2.45, 2.75) is 238 Å². The Hall–Kier alpha value is -2.55. The van der Waals surface area contributed by atoms with Crippen molar-refractivity contribution in [3.05, 3.63) is 72.9 Å². The molecule has 0 fully saturated rings. The lowest BCUT2D eigenvalue weighted by molar-refractivity contribution is -0.870. The van der Waals surface area contributed by atoms with E-state index in [9.17, 15) is 19.0 Å². The molecular formula is C58H104NO8P. The second-order valence-electron chi connectivity index (χ2n) is 19.6. The molecule has 9 nitrogen and oxygen atoms in total. The highest BCUT2D eigenvalue weighted by atomic mass is 31.2. The van der Waals surface area contributed by atoms with E-state index in [0.717, 1.165) is 89.9 Å². The highest BCUT2D eigenvalue weighted by molar-refractivity contribution is 7.45. The van der Waals surface area contributed by atoms with Crippen molar-refractivity contribution in [3.63, 3.8) is 0 Å². The average molecular weight is 974 g/mol. The first-order chi connectivity index (χ1) is 33.0.